The van der Waals surface area contributed by atoms with Crippen LogP contribution in [0, 0.1) is 0 Å². The minimum Gasteiger partial charge on any atom is -0.348 e. The van der Waals surface area contributed by atoms with Gasteiger partial charge in [-0.05, 0) is 39.5 Å². The van der Waals surface area contributed by atoms with Crippen LogP contribution in [0.25, 0.3) is 0 Å². The van der Waals surface area contributed by atoms with Crippen LogP contribution in [0.5, 0.6) is 0 Å². The van der Waals surface area contributed by atoms with E-state index in [1.807, 2.05) is 13.8 Å². The van der Waals surface area contributed by atoms with Gasteiger partial charge >= 0.3 is 0 Å². The average molecular weight is 207 g/mol. The van der Waals surface area contributed by atoms with E-state index in [9.17, 15) is 4.79 Å². The highest BCUT2D eigenvalue weighted by Gasteiger charge is 2.21. The third-order valence-corrected chi connectivity index (χ3v) is 2.69. The predicted molar refractivity (Wildman–Crippen MR) is 57.8 cm³/mol. The van der Waals surface area contributed by atoms with Crippen molar-refractivity contribution in [2.75, 3.05) is 0 Å². The molecule has 0 fully saturated rings. The van der Waals surface area contributed by atoms with Crippen molar-refractivity contribution < 1.29 is 4.79 Å². The Balaban J connectivity index is 2.21. The molecule has 0 saturated heterocycles. The molecule has 1 aliphatic rings. The van der Waals surface area contributed by atoms with Crippen molar-refractivity contribution in [3.05, 3.63) is 17.0 Å². The van der Waals surface area contributed by atoms with E-state index in [2.05, 4.69) is 15.5 Å². The third kappa shape index (κ3) is 2.03. The molecule has 4 nitrogen and oxygen atoms in total. The van der Waals surface area contributed by atoms with Crippen molar-refractivity contribution >= 4 is 5.91 Å². The number of hydrogen-bond acceptors (Lipinski definition) is 2. The van der Waals surface area contributed by atoms with Crippen molar-refractivity contribution in [3.8, 4) is 0 Å². The van der Waals surface area contributed by atoms with Crippen LogP contribution in [0.2, 0.25) is 0 Å². The number of carbonyl (C=O) groups excluding carboxylic acids is 1. The third-order valence-electron chi connectivity index (χ3n) is 2.69. The molecule has 4 heteroatoms. The zero-order valence-electron chi connectivity index (χ0n) is 9.26. The van der Waals surface area contributed by atoms with Gasteiger partial charge in [-0.2, -0.15) is 5.10 Å². The first-order valence-electron chi connectivity index (χ1n) is 5.55. The van der Waals surface area contributed by atoms with Crippen LogP contribution in [0.15, 0.2) is 0 Å². The minimum absolute atomic E-state index is 0.0515. The van der Waals surface area contributed by atoms with E-state index in [0.29, 0.717) is 5.69 Å². The Morgan fingerprint density at radius 1 is 1.40 bits per heavy atom. The lowest BCUT2D eigenvalue weighted by Gasteiger charge is -2.12. The van der Waals surface area contributed by atoms with E-state index >= 15 is 0 Å². The highest BCUT2D eigenvalue weighted by Crippen LogP contribution is 2.21. The molecule has 0 radical (unpaired) electrons. The predicted octanol–water partition coefficient (Wildman–Crippen LogP) is 1.43. The van der Waals surface area contributed by atoms with Crippen molar-refractivity contribution in [2.24, 2.45) is 0 Å². The Morgan fingerprint density at radius 3 is 2.87 bits per heavy atom. The van der Waals surface area contributed by atoms with Crippen molar-refractivity contribution in [2.45, 2.75) is 45.6 Å². The lowest BCUT2D eigenvalue weighted by molar-refractivity contribution is 0.0937. The second-order valence-electron chi connectivity index (χ2n) is 4.36. The van der Waals surface area contributed by atoms with Crippen LogP contribution in [0.1, 0.15) is 48.4 Å². The van der Waals surface area contributed by atoms with Gasteiger partial charge in [0.1, 0.15) is 0 Å². The topological polar surface area (TPSA) is 57.8 Å². The molecule has 2 rings (SSSR count). The van der Waals surface area contributed by atoms with E-state index in [-0.39, 0.29) is 11.9 Å². The summed E-state index contributed by atoms with van der Waals surface area (Å²) in [6.07, 6.45) is 4.36. The van der Waals surface area contributed by atoms with Crippen LogP contribution < -0.4 is 5.32 Å². The van der Waals surface area contributed by atoms with Gasteiger partial charge in [0.2, 0.25) is 0 Å². The normalized spacial score (nSPS) is 15.1. The maximum atomic E-state index is 11.8. The lowest BCUT2D eigenvalue weighted by atomic mass is 9.96. The smallest absolute Gasteiger partial charge is 0.272 e. The molecule has 0 bridgehead atoms. The number of carbonyl (C=O) groups is 1. The summed E-state index contributed by atoms with van der Waals surface area (Å²) < 4.78 is 0. The zero-order valence-corrected chi connectivity index (χ0v) is 9.26. The summed E-state index contributed by atoms with van der Waals surface area (Å²) >= 11 is 0. The molecule has 1 aromatic rings. The molecule has 1 aliphatic carbocycles. The fourth-order valence-corrected chi connectivity index (χ4v) is 2.00. The highest BCUT2D eigenvalue weighted by atomic mass is 16.2. The van der Waals surface area contributed by atoms with Crippen LogP contribution in [0.4, 0.5) is 0 Å². The molecule has 1 amide bonds. The molecule has 15 heavy (non-hydrogen) atoms. The van der Waals surface area contributed by atoms with Gasteiger partial charge in [0.05, 0.1) is 0 Å². The van der Waals surface area contributed by atoms with E-state index in [1.165, 1.54) is 6.42 Å². The SMILES string of the molecule is CC(C)NC(=O)c1n[nH]c2c1CCCC2. The standard InChI is InChI=1S/C11H17N3O/c1-7(2)12-11(15)10-8-5-3-4-6-9(8)13-14-10/h7H,3-6H2,1-2H3,(H,12,15)(H,13,14). The van der Waals surface area contributed by atoms with Gasteiger partial charge < -0.3 is 5.32 Å². The summed E-state index contributed by atoms with van der Waals surface area (Å²) in [6, 6.07) is 0.161. The minimum atomic E-state index is -0.0515. The van der Waals surface area contributed by atoms with Crippen molar-refractivity contribution in [1.82, 2.24) is 15.5 Å². The molecule has 0 spiro atoms. The van der Waals surface area contributed by atoms with Gasteiger partial charge in [0.25, 0.3) is 5.91 Å². The Labute approximate surface area is 89.5 Å². The number of aromatic amines is 1. The van der Waals surface area contributed by atoms with Gasteiger partial charge in [-0.25, -0.2) is 0 Å². The summed E-state index contributed by atoms with van der Waals surface area (Å²) in [5, 5.41) is 9.96. The van der Waals surface area contributed by atoms with Crippen molar-refractivity contribution in [1.29, 1.82) is 0 Å². The number of aromatic nitrogens is 2. The first-order chi connectivity index (χ1) is 7.18. The largest absolute Gasteiger partial charge is 0.348 e. The van der Waals surface area contributed by atoms with Gasteiger partial charge in [0, 0.05) is 17.3 Å². The van der Waals surface area contributed by atoms with Crippen LogP contribution in [0.3, 0.4) is 0 Å². The molecule has 0 aliphatic heterocycles. The number of amides is 1. The Hall–Kier alpha value is -1.32. The lowest BCUT2D eigenvalue weighted by Crippen LogP contribution is -2.31. The first-order valence-corrected chi connectivity index (χ1v) is 5.55. The van der Waals surface area contributed by atoms with Crippen LogP contribution >= 0.6 is 0 Å². The fourth-order valence-electron chi connectivity index (χ4n) is 2.00. The summed E-state index contributed by atoms with van der Waals surface area (Å²) in [5.41, 5.74) is 2.87. The number of H-pyrrole nitrogens is 1. The fraction of sp³-hybridized carbons (Fsp3) is 0.636. The molecule has 2 N–H and O–H groups in total. The van der Waals surface area contributed by atoms with Crippen LogP contribution in [-0.4, -0.2) is 22.1 Å². The number of rotatable bonds is 2. The van der Waals surface area contributed by atoms with Crippen molar-refractivity contribution in [3.63, 3.8) is 0 Å². The summed E-state index contributed by atoms with van der Waals surface area (Å²) in [7, 11) is 0. The molecular weight excluding hydrogens is 190 g/mol. The second-order valence-corrected chi connectivity index (χ2v) is 4.36. The van der Waals surface area contributed by atoms with E-state index < -0.39 is 0 Å². The maximum Gasteiger partial charge on any atom is 0.272 e. The molecule has 0 atom stereocenters. The van der Waals surface area contributed by atoms with E-state index in [0.717, 1.165) is 30.5 Å². The van der Waals surface area contributed by atoms with E-state index in [4.69, 9.17) is 0 Å². The van der Waals surface area contributed by atoms with Gasteiger partial charge in [0.15, 0.2) is 5.69 Å². The monoisotopic (exact) mass is 207 g/mol. The zero-order chi connectivity index (χ0) is 10.8. The molecule has 0 aromatic carbocycles. The number of nitrogens with zero attached hydrogens (tertiary/aromatic N) is 1. The summed E-state index contributed by atoms with van der Waals surface area (Å²) in [4.78, 5) is 11.8. The second kappa shape index (κ2) is 4.04. The van der Waals surface area contributed by atoms with Gasteiger partial charge in [-0.1, -0.05) is 0 Å². The number of nitrogens with one attached hydrogen (secondary N) is 2. The Bertz CT molecular complexity index is 368. The number of hydrogen-bond donors (Lipinski definition) is 2. The Morgan fingerprint density at radius 2 is 2.13 bits per heavy atom. The van der Waals surface area contributed by atoms with E-state index in [1.54, 1.807) is 0 Å². The highest BCUT2D eigenvalue weighted by molar-refractivity contribution is 5.94. The molecule has 0 unspecified atom stereocenters. The Kier molecular flexibility index (Phi) is 2.75. The molecule has 0 saturated carbocycles. The molecular formula is C11H17N3O. The first kappa shape index (κ1) is 10.2. The molecule has 1 aromatic heterocycles. The maximum absolute atomic E-state index is 11.8. The van der Waals surface area contributed by atoms with Crippen LogP contribution in [-0.2, 0) is 12.8 Å². The number of fused-ring (bicyclic) bond motifs is 1. The number of aryl methyl sites for hydroxylation is 1. The summed E-state index contributed by atoms with van der Waals surface area (Å²) in [5.74, 6) is -0.0515. The average Bonchev–Trinajstić information content (AvgIpc) is 2.59. The summed E-state index contributed by atoms with van der Waals surface area (Å²) in [6.45, 7) is 3.91. The molecule has 1 heterocycles. The van der Waals surface area contributed by atoms with Gasteiger partial charge in [-0.15, -0.1) is 0 Å². The van der Waals surface area contributed by atoms with Gasteiger partial charge in [-0.3, -0.25) is 9.89 Å². The quantitative estimate of drug-likeness (QED) is 0.770. The molecule has 82 valence electrons.